The van der Waals surface area contributed by atoms with Crippen molar-refractivity contribution in [1.82, 2.24) is 0 Å². The van der Waals surface area contributed by atoms with Crippen LogP contribution in [0.15, 0.2) is 59.9 Å². The summed E-state index contributed by atoms with van der Waals surface area (Å²) in [7, 11) is 0. The summed E-state index contributed by atoms with van der Waals surface area (Å²) in [6.45, 7) is -0.897. The third kappa shape index (κ3) is 5.13. The molecule has 8 atom stereocenters. The average Bonchev–Trinajstić information content (AvgIpc) is 3.24. The van der Waals surface area contributed by atoms with Crippen LogP contribution in [0.3, 0.4) is 0 Å². The van der Waals surface area contributed by atoms with Gasteiger partial charge in [-0.15, -0.1) is 0 Å². The molecule has 0 unspecified atom stereocenters. The number of hydrogen-bond donors (Lipinski definition) is 5. The van der Waals surface area contributed by atoms with Gasteiger partial charge < -0.3 is 44.5 Å². The Hall–Kier alpha value is -2.90. The quantitative estimate of drug-likeness (QED) is 0.130. The van der Waals surface area contributed by atoms with Crippen LogP contribution in [0, 0.1) is 5.92 Å². The number of aldehydes is 1. The maximum Gasteiger partial charge on any atom is 0.331 e. The van der Waals surface area contributed by atoms with Gasteiger partial charge in [-0.2, -0.15) is 0 Å². The molecule has 11 heteroatoms. The van der Waals surface area contributed by atoms with E-state index in [-0.39, 0.29) is 18.6 Å². The molecule has 1 fully saturated rings. The Morgan fingerprint density at radius 1 is 1.11 bits per heavy atom. The highest BCUT2D eigenvalue weighted by Gasteiger charge is 2.55. The van der Waals surface area contributed by atoms with Gasteiger partial charge >= 0.3 is 5.97 Å². The molecular formula is C25H28O11. The van der Waals surface area contributed by atoms with Gasteiger partial charge in [0.15, 0.2) is 12.6 Å². The van der Waals surface area contributed by atoms with Crippen molar-refractivity contribution in [3.8, 4) is 0 Å². The van der Waals surface area contributed by atoms with Crippen molar-refractivity contribution in [2.75, 3.05) is 13.2 Å². The minimum atomic E-state index is -1.74. The van der Waals surface area contributed by atoms with Crippen LogP contribution < -0.4 is 0 Å². The molecule has 0 saturated carbocycles. The van der Waals surface area contributed by atoms with E-state index >= 15 is 0 Å². The molecule has 5 N–H and O–H groups in total. The van der Waals surface area contributed by atoms with Crippen LogP contribution in [0.25, 0.3) is 6.08 Å². The number of esters is 1. The van der Waals surface area contributed by atoms with Gasteiger partial charge in [-0.3, -0.25) is 4.79 Å². The molecule has 0 aromatic heterocycles. The molecule has 1 aromatic rings. The lowest BCUT2D eigenvalue weighted by Crippen LogP contribution is -2.61. The number of carbonyl (C=O) groups excluding carboxylic acids is 2. The Labute approximate surface area is 206 Å². The summed E-state index contributed by atoms with van der Waals surface area (Å²) < 4.78 is 21.9. The second-order valence-corrected chi connectivity index (χ2v) is 8.77. The van der Waals surface area contributed by atoms with E-state index in [1.165, 1.54) is 6.08 Å². The number of ether oxygens (including phenoxy) is 4. The summed E-state index contributed by atoms with van der Waals surface area (Å²) in [5, 5.41) is 51.1. The van der Waals surface area contributed by atoms with Crippen molar-refractivity contribution in [3.63, 3.8) is 0 Å². The standard InChI is InChI=1S/C25H28O11/c26-10-16-13-34-23(36-24-22(31)21(30)20(29)17(11-27)35-24)19-15(8-9-25(16,19)32)12-33-18(28)7-6-14-4-2-1-3-5-14/h1-8,10,13,17,19-24,27,29-32H,9,11-12H2/t17-,19+,20-,21+,22-,23+,24+,25+/m1/s1. The molecule has 1 aliphatic carbocycles. The average molecular weight is 504 g/mol. The van der Waals surface area contributed by atoms with E-state index in [9.17, 15) is 35.1 Å². The van der Waals surface area contributed by atoms with E-state index in [1.807, 2.05) is 30.3 Å². The Morgan fingerprint density at radius 3 is 2.56 bits per heavy atom. The summed E-state index contributed by atoms with van der Waals surface area (Å²) in [5.41, 5.74) is -0.581. The SMILES string of the molecule is O=CC1=CO[C@@H](O[C@@H]2O[C@H](CO)[C@@H](O)[C@H](O)[C@H]2O)[C@@H]2C(COC(=O)C=Cc3ccccc3)=CC[C@]12O. The van der Waals surface area contributed by atoms with Crippen molar-refractivity contribution in [1.29, 1.82) is 0 Å². The predicted octanol–water partition coefficient (Wildman–Crippen LogP) is -0.824. The minimum absolute atomic E-state index is 0.00683. The second-order valence-electron chi connectivity index (χ2n) is 8.77. The first-order chi connectivity index (χ1) is 17.3. The molecule has 36 heavy (non-hydrogen) atoms. The van der Waals surface area contributed by atoms with Crippen molar-refractivity contribution in [2.45, 2.75) is 49.0 Å². The number of fused-ring (bicyclic) bond motifs is 1. The largest absolute Gasteiger partial charge is 0.471 e. The zero-order valence-corrected chi connectivity index (χ0v) is 19.1. The third-order valence-electron chi connectivity index (χ3n) is 6.53. The fourth-order valence-corrected chi connectivity index (χ4v) is 4.50. The van der Waals surface area contributed by atoms with Gasteiger partial charge in [0.2, 0.25) is 6.29 Å². The van der Waals surface area contributed by atoms with Gasteiger partial charge in [0.25, 0.3) is 0 Å². The number of carbonyl (C=O) groups is 2. The van der Waals surface area contributed by atoms with E-state index in [0.29, 0.717) is 11.9 Å². The van der Waals surface area contributed by atoms with Crippen molar-refractivity contribution < 1.29 is 54.1 Å². The van der Waals surface area contributed by atoms with Crippen LogP contribution >= 0.6 is 0 Å². The fraction of sp³-hybridized carbons (Fsp3) is 0.440. The van der Waals surface area contributed by atoms with Crippen molar-refractivity contribution in [2.24, 2.45) is 5.92 Å². The van der Waals surface area contributed by atoms with Crippen LogP contribution in [-0.2, 0) is 28.5 Å². The minimum Gasteiger partial charge on any atom is -0.471 e. The van der Waals surface area contributed by atoms with Crippen LogP contribution in [-0.4, -0.2) is 93.6 Å². The monoisotopic (exact) mass is 504 g/mol. The van der Waals surface area contributed by atoms with Crippen LogP contribution in [0.5, 0.6) is 0 Å². The summed E-state index contributed by atoms with van der Waals surface area (Å²) in [4.78, 5) is 23.8. The number of hydrogen-bond acceptors (Lipinski definition) is 11. The van der Waals surface area contributed by atoms with Gasteiger partial charge in [-0.25, -0.2) is 4.79 Å². The van der Waals surface area contributed by atoms with E-state index in [4.69, 9.17) is 18.9 Å². The van der Waals surface area contributed by atoms with Gasteiger partial charge in [-0.1, -0.05) is 36.4 Å². The zero-order valence-electron chi connectivity index (χ0n) is 19.1. The lowest BCUT2D eigenvalue weighted by Gasteiger charge is -2.44. The topological polar surface area (TPSA) is 172 Å². The Bertz CT molecular complexity index is 1030. The maximum atomic E-state index is 12.3. The van der Waals surface area contributed by atoms with Gasteiger partial charge in [0.05, 0.1) is 24.4 Å². The first kappa shape index (κ1) is 26.2. The first-order valence-electron chi connectivity index (χ1n) is 11.4. The van der Waals surface area contributed by atoms with Gasteiger partial charge in [0.1, 0.15) is 36.6 Å². The highest BCUT2D eigenvalue weighted by molar-refractivity contribution is 5.87. The third-order valence-corrected chi connectivity index (χ3v) is 6.53. The number of aliphatic hydroxyl groups excluding tert-OH is 4. The predicted molar refractivity (Wildman–Crippen MR) is 121 cm³/mol. The number of aliphatic hydroxyl groups is 5. The number of benzene rings is 1. The molecule has 194 valence electrons. The molecule has 3 aliphatic rings. The zero-order chi connectivity index (χ0) is 25.9. The normalized spacial score (nSPS) is 36.0. The van der Waals surface area contributed by atoms with Crippen molar-refractivity contribution in [3.05, 3.63) is 65.5 Å². The molecule has 2 aliphatic heterocycles. The summed E-state index contributed by atoms with van der Waals surface area (Å²) in [5.74, 6) is -1.66. The van der Waals surface area contributed by atoms with Crippen molar-refractivity contribution >= 4 is 18.3 Å². The molecule has 0 bridgehead atoms. The molecule has 0 amide bonds. The molecule has 0 spiro atoms. The lowest BCUT2D eigenvalue weighted by molar-refractivity contribution is -0.343. The maximum absolute atomic E-state index is 12.3. The first-order valence-corrected chi connectivity index (χ1v) is 11.4. The Morgan fingerprint density at radius 2 is 1.86 bits per heavy atom. The summed E-state index contributed by atoms with van der Waals surface area (Å²) >= 11 is 0. The fourth-order valence-electron chi connectivity index (χ4n) is 4.50. The molecule has 1 saturated heterocycles. The number of rotatable bonds is 8. The van der Waals surface area contributed by atoms with Gasteiger partial charge in [0, 0.05) is 6.08 Å². The Balaban J connectivity index is 1.48. The second kappa shape index (κ2) is 11.0. The highest BCUT2D eigenvalue weighted by Crippen LogP contribution is 2.46. The van der Waals surface area contributed by atoms with E-state index in [2.05, 4.69) is 0 Å². The molecule has 0 radical (unpaired) electrons. The lowest BCUT2D eigenvalue weighted by atomic mass is 9.79. The Kier molecular flexibility index (Phi) is 8.00. The van der Waals surface area contributed by atoms with Crippen LogP contribution in [0.1, 0.15) is 12.0 Å². The summed E-state index contributed by atoms with van der Waals surface area (Å²) in [6.07, 6.45) is -3.11. The van der Waals surface area contributed by atoms with E-state index < -0.39 is 61.1 Å². The van der Waals surface area contributed by atoms with Crippen LogP contribution in [0.2, 0.25) is 0 Å². The van der Waals surface area contributed by atoms with Crippen LogP contribution in [0.4, 0.5) is 0 Å². The smallest absolute Gasteiger partial charge is 0.331 e. The van der Waals surface area contributed by atoms with E-state index in [1.54, 1.807) is 12.2 Å². The highest BCUT2D eigenvalue weighted by atomic mass is 16.8. The molecule has 4 rings (SSSR count). The molecular weight excluding hydrogens is 476 g/mol. The van der Waals surface area contributed by atoms with Gasteiger partial charge in [-0.05, 0) is 23.6 Å². The molecule has 2 heterocycles. The van der Waals surface area contributed by atoms with E-state index in [0.717, 1.165) is 11.8 Å². The molecule has 11 nitrogen and oxygen atoms in total. The summed E-state index contributed by atoms with van der Waals surface area (Å²) in [6, 6.07) is 9.13. The molecule has 1 aromatic carbocycles.